The Balaban J connectivity index is 1.61. The number of aromatic nitrogens is 2. The Morgan fingerprint density at radius 1 is 1.23 bits per heavy atom. The number of benzene rings is 1. The first-order valence-corrected chi connectivity index (χ1v) is 8.87. The molecule has 1 amide bonds. The van der Waals surface area contributed by atoms with E-state index in [-0.39, 0.29) is 18.3 Å². The standard InChI is InChI=1S/C19H24FN5O/c1-12-9-15(20)3-4-16(12)25-19(26)11-22-18-10-17(23-13(2)24-18)14-5-7-21-8-6-14/h3-4,9-10,14,21H,5-8,11H2,1-2H3,(H,25,26)(H,22,23,24). The number of nitrogens with one attached hydrogen (secondary N) is 3. The molecule has 1 aromatic carbocycles. The fourth-order valence-electron chi connectivity index (χ4n) is 3.14. The lowest BCUT2D eigenvalue weighted by atomic mass is 9.94. The van der Waals surface area contributed by atoms with E-state index in [0.29, 0.717) is 28.8 Å². The average Bonchev–Trinajstić information content (AvgIpc) is 2.63. The monoisotopic (exact) mass is 357 g/mol. The first-order chi connectivity index (χ1) is 12.5. The SMILES string of the molecule is Cc1nc(NCC(=O)Nc2ccc(F)cc2C)cc(C2CCNCC2)n1. The van der Waals surface area contributed by atoms with Crippen molar-refractivity contribution in [3.8, 4) is 0 Å². The van der Waals surface area contributed by atoms with Gasteiger partial charge in [-0.25, -0.2) is 14.4 Å². The van der Waals surface area contributed by atoms with E-state index >= 15 is 0 Å². The first-order valence-electron chi connectivity index (χ1n) is 8.87. The van der Waals surface area contributed by atoms with Crippen LogP contribution in [-0.4, -0.2) is 35.5 Å². The van der Waals surface area contributed by atoms with Crippen LogP contribution in [0.4, 0.5) is 15.9 Å². The van der Waals surface area contributed by atoms with Gasteiger partial charge in [0.2, 0.25) is 5.91 Å². The highest BCUT2D eigenvalue weighted by Gasteiger charge is 2.18. The van der Waals surface area contributed by atoms with E-state index in [2.05, 4.69) is 25.9 Å². The van der Waals surface area contributed by atoms with Gasteiger partial charge in [0.15, 0.2) is 0 Å². The summed E-state index contributed by atoms with van der Waals surface area (Å²) in [6.45, 7) is 5.69. The molecule has 0 unspecified atom stereocenters. The van der Waals surface area contributed by atoms with E-state index in [1.165, 1.54) is 12.1 Å². The molecule has 0 bridgehead atoms. The van der Waals surface area contributed by atoms with Crippen LogP contribution < -0.4 is 16.0 Å². The summed E-state index contributed by atoms with van der Waals surface area (Å²) < 4.78 is 13.1. The highest BCUT2D eigenvalue weighted by atomic mass is 19.1. The zero-order chi connectivity index (χ0) is 18.5. The molecular weight excluding hydrogens is 333 g/mol. The van der Waals surface area contributed by atoms with Crippen molar-refractivity contribution in [3.05, 3.63) is 47.2 Å². The number of carbonyl (C=O) groups is 1. The topological polar surface area (TPSA) is 78.9 Å². The van der Waals surface area contributed by atoms with E-state index < -0.39 is 0 Å². The van der Waals surface area contributed by atoms with Crippen molar-refractivity contribution >= 4 is 17.4 Å². The van der Waals surface area contributed by atoms with Gasteiger partial charge in [0.05, 0.1) is 6.54 Å². The molecule has 1 fully saturated rings. The third-order valence-electron chi connectivity index (χ3n) is 4.51. The number of amides is 1. The van der Waals surface area contributed by atoms with E-state index in [1.807, 2.05) is 13.0 Å². The van der Waals surface area contributed by atoms with Crippen molar-refractivity contribution < 1.29 is 9.18 Å². The Morgan fingerprint density at radius 3 is 2.73 bits per heavy atom. The number of anilines is 2. The molecule has 7 heteroatoms. The second-order valence-electron chi connectivity index (χ2n) is 6.61. The highest BCUT2D eigenvalue weighted by Crippen LogP contribution is 2.25. The molecule has 2 aromatic rings. The van der Waals surface area contributed by atoms with Crippen molar-refractivity contribution in [1.82, 2.24) is 15.3 Å². The molecule has 0 spiro atoms. The number of hydrogen-bond donors (Lipinski definition) is 3. The summed E-state index contributed by atoms with van der Waals surface area (Å²) in [6, 6.07) is 6.21. The summed E-state index contributed by atoms with van der Waals surface area (Å²) in [6.07, 6.45) is 2.11. The van der Waals surface area contributed by atoms with Gasteiger partial charge in [0.25, 0.3) is 0 Å². The molecule has 3 N–H and O–H groups in total. The minimum atomic E-state index is -0.319. The van der Waals surface area contributed by atoms with Crippen molar-refractivity contribution in [2.24, 2.45) is 0 Å². The zero-order valence-electron chi connectivity index (χ0n) is 15.1. The second-order valence-corrected chi connectivity index (χ2v) is 6.61. The van der Waals surface area contributed by atoms with Crippen LogP contribution in [0.1, 0.15) is 35.8 Å². The maximum Gasteiger partial charge on any atom is 0.243 e. The van der Waals surface area contributed by atoms with E-state index in [4.69, 9.17) is 0 Å². The summed E-state index contributed by atoms with van der Waals surface area (Å²) >= 11 is 0. The molecule has 26 heavy (non-hydrogen) atoms. The summed E-state index contributed by atoms with van der Waals surface area (Å²) in [7, 11) is 0. The Hall–Kier alpha value is -2.54. The Bertz CT molecular complexity index is 789. The number of piperidine rings is 1. The molecule has 2 heterocycles. The van der Waals surface area contributed by atoms with Gasteiger partial charge in [-0.2, -0.15) is 0 Å². The van der Waals surface area contributed by atoms with Crippen LogP contribution in [0, 0.1) is 19.7 Å². The third kappa shape index (κ3) is 4.76. The minimum absolute atomic E-state index is 0.0823. The van der Waals surface area contributed by atoms with Crippen LogP contribution in [0.3, 0.4) is 0 Å². The largest absolute Gasteiger partial charge is 0.361 e. The van der Waals surface area contributed by atoms with Gasteiger partial charge in [0.1, 0.15) is 17.5 Å². The highest BCUT2D eigenvalue weighted by molar-refractivity contribution is 5.94. The van der Waals surface area contributed by atoms with E-state index in [0.717, 1.165) is 31.6 Å². The average molecular weight is 357 g/mol. The molecule has 1 aromatic heterocycles. The van der Waals surface area contributed by atoms with Crippen LogP contribution >= 0.6 is 0 Å². The van der Waals surface area contributed by atoms with Crippen molar-refractivity contribution in [1.29, 1.82) is 0 Å². The van der Waals surface area contributed by atoms with Crippen LogP contribution in [0.15, 0.2) is 24.3 Å². The lowest BCUT2D eigenvalue weighted by molar-refractivity contribution is -0.114. The zero-order valence-corrected chi connectivity index (χ0v) is 15.1. The smallest absolute Gasteiger partial charge is 0.243 e. The molecule has 6 nitrogen and oxygen atoms in total. The van der Waals surface area contributed by atoms with Gasteiger partial charge in [-0.3, -0.25) is 4.79 Å². The molecular formula is C19H24FN5O. The Kier molecular flexibility index (Phi) is 5.78. The molecule has 0 aliphatic carbocycles. The molecule has 0 saturated carbocycles. The van der Waals surface area contributed by atoms with Gasteiger partial charge in [-0.1, -0.05) is 0 Å². The van der Waals surface area contributed by atoms with E-state index in [9.17, 15) is 9.18 Å². The van der Waals surface area contributed by atoms with Gasteiger partial charge >= 0.3 is 0 Å². The third-order valence-corrected chi connectivity index (χ3v) is 4.51. The summed E-state index contributed by atoms with van der Waals surface area (Å²) in [5, 5.41) is 9.19. The van der Waals surface area contributed by atoms with Gasteiger partial charge in [-0.05, 0) is 63.5 Å². The maximum atomic E-state index is 13.1. The lowest BCUT2D eigenvalue weighted by Crippen LogP contribution is -2.27. The number of rotatable bonds is 5. The van der Waals surface area contributed by atoms with Crippen molar-refractivity contribution in [3.63, 3.8) is 0 Å². The molecule has 3 rings (SSSR count). The fraction of sp³-hybridized carbons (Fsp3) is 0.421. The summed E-state index contributed by atoms with van der Waals surface area (Å²) in [4.78, 5) is 21.1. The number of carbonyl (C=O) groups excluding carboxylic acids is 1. The number of nitrogens with zero attached hydrogens (tertiary/aromatic N) is 2. The molecule has 1 aliphatic rings. The molecule has 0 radical (unpaired) electrons. The van der Waals surface area contributed by atoms with Gasteiger partial charge in [-0.15, -0.1) is 0 Å². The predicted molar refractivity (Wildman–Crippen MR) is 99.9 cm³/mol. The predicted octanol–water partition coefficient (Wildman–Crippen LogP) is 2.75. The molecule has 0 atom stereocenters. The van der Waals surface area contributed by atoms with E-state index in [1.54, 1.807) is 13.0 Å². The summed E-state index contributed by atoms with van der Waals surface area (Å²) in [5.74, 6) is 1.24. The number of halogens is 1. The molecule has 138 valence electrons. The summed E-state index contributed by atoms with van der Waals surface area (Å²) in [5.41, 5.74) is 2.31. The second kappa shape index (κ2) is 8.23. The number of aryl methyl sites for hydroxylation is 2. The Morgan fingerprint density at radius 2 is 2.00 bits per heavy atom. The fourth-order valence-corrected chi connectivity index (χ4v) is 3.14. The van der Waals surface area contributed by atoms with Crippen LogP contribution in [0.25, 0.3) is 0 Å². The Labute approximate surface area is 152 Å². The number of hydrogen-bond acceptors (Lipinski definition) is 5. The van der Waals surface area contributed by atoms with Gasteiger partial charge < -0.3 is 16.0 Å². The normalized spacial score (nSPS) is 14.9. The maximum absolute atomic E-state index is 13.1. The van der Waals surface area contributed by atoms with Crippen LogP contribution in [-0.2, 0) is 4.79 Å². The molecule has 1 saturated heterocycles. The quantitative estimate of drug-likeness (QED) is 0.767. The van der Waals surface area contributed by atoms with Gasteiger partial charge in [0, 0.05) is 23.4 Å². The first kappa shape index (κ1) is 18.3. The van der Waals surface area contributed by atoms with Crippen molar-refractivity contribution in [2.45, 2.75) is 32.6 Å². The molecule has 1 aliphatic heterocycles. The minimum Gasteiger partial charge on any atom is -0.361 e. The van der Waals surface area contributed by atoms with Crippen molar-refractivity contribution in [2.75, 3.05) is 30.3 Å². The van der Waals surface area contributed by atoms with Crippen LogP contribution in [0.2, 0.25) is 0 Å². The van der Waals surface area contributed by atoms with Crippen LogP contribution in [0.5, 0.6) is 0 Å². The lowest BCUT2D eigenvalue weighted by Gasteiger charge is -2.22.